The Hall–Kier alpha value is -4.05. The summed E-state index contributed by atoms with van der Waals surface area (Å²) in [6.45, 7) is 4.81. The number of hydrogen-bond acceptors (Lipinski definition) is 2. The van der Waals surface area contributed by atoms with Crippen molar-refractivity contribution in [2.24, 2.45) is 5.73 Å². The summed E-state index contributed by atoms with van der Waals surface area (Å²) in [5.74, 6) is -0.0754. The highest BCUT2D eigenvalue weighted by Crippen LogP contribution is 2.39. The summed E-state index contributed by atoms with van der Waals surface area (Å²) in [6.07, 6.45) is 0. The van der Waals surface area contributed by atoms with Gasteiger partial charge in [-0.2, -0.15) is 0 Å². The normalized spacial score (nSPS) is 11.5. The zero-order valence-corrected chi connectivity index (χ0v) is 18.7. The molecule has 0 unspecified atom stereocenters. The number of fused-ring (bicyclic) bond motifs is 3. The van der Waals surface area contributed by atoms with Crippen molar-refractivity contribution >= 4 is 27.7 Å². The number of nitrogens with two attached hydrogens (primary N) is 1. The van der Waals surface area contributed by atoms with Gasteiger partial charge in [0, 0.05) is 17.5 Å². The Morgan fingerprint density at radius 2 is 1.58 bits per heavy atom. The van der Waals surface area contributed by atoms with Crippen LogP contribution in [0.15, 0.2) is 84.9 Å². The van der Waals surface area contributed by atoms with Gasteiger partial charge in [0.05, 0.1) is 16.4 Å². The Kier molecular flexibility index (Phi) is 5.14. The SMILES string of the molecule is CC(C)c1cc(O)c2c3c(C(N)=O)cccc3n(Cc3cccc(-c4ccccc4)c3)c2c1. The summed E-state index contributed by atoms with van der Waals surface area (Å²) in [7, 11) is 0. The second-order valence-electron chi connectivity index (χ2n) is 8.81. The van der Waals surface area contributed by atoms with Gasteiger partial charge in [0.15, 0.2) is 0 Å². The maximum atomic E-state index is 12.2. The van der Waals surface area contributed by atoms with Gasteiger partial charge in [-0.05, 0) is 58.5 Å². The molecule has 0 atom stereocenters. The number of primary amides is 1. The molecule has 164 valence electrons. The van der Waals surface area contributed by atoms with Crippen LogP contribution in [-0.4, -0.2) is 15.6 Å². The molecule has 3 N–H and O–H groups in total. The largest absolute Gasteiger partial charge is 0.507 e. The van der Waals surface area contributed by atoms with Crippen LogP contribution in [0.25, 0.3) is 32.9 Å². The number of phenols is 1. The molecule has 4 nitrogen and oxygen atoms in total. The van der Waals surface area contributed by atoms with Crippen molar-refractivity contribution in [2.45, 2.75) is 26.3 Å². The van der Waals surface area contributed by atoms with Crippen LogP contribution in [0.1, 0.15) is 41.3 Å². The molecule has 0 aliphatic rings. The van der Waals surface area contributed by atoms with Crippen molar-refractivity contribution in [2.75, 3.05) is 0 Å². The lowest BCUT2D eigenvalue weighted by atomic mass is 9.99. The van der Waals surface area contributed by atoms with Crippen LogP contribution in [0.4, 0.5) is 0 Å². The maximum Gasteiger partial charge on any atom is 0.249 e. The quantitative estimate of drug-likeness (QED) is 0.334. The molecule has 33 heavy (non-hydrogen) atoms. The van der Waals surface area contributed by atoms with Crippen molar-refractivity contribution in [1.82, 2.24) is 4.57 Å². The molecule has 0 fully saturated rings. The number of hydrogen-bond donors (Lipinski definition) is 2. The molecule has 0 aliphatic carbocycles. The monoisotopic (exact) mass is 434 g/mol. The fraction of sp³-hybridized carbons (Fsp3) is 0.138. The molecule has 0 radical (unpaired) electrons. The van der Waals surface area contributed by atoms with Gasteiger partial charge >= 0.3 is 0 Å². The number of benzene rings is 4. The molecule has 1 aromatic heterocycles. The first-order valence-corrected chi connectivity index (χ1v) is 11.2. The Labute approximate surface area is 192 Å². The maximum absolute atomic E-state index is 12.2. The first kappa shape index (κ1) is 20.8. The Balaban J connectivity index is 1.75. The standard InChI is InChI=1S/C29H26N2O2/c1-18(2)22-15-25-28(26(32)16-22)27-23(29(30)33)12-7-13-24(27)31(25)17-19-8-6-11-21(14-19)20-9-4-3-5-10-20/h3-16,18,32H,17H2,1-2H3,(H2,30,33). The van der Waals surface area contributed by atoms with E-state index in [1.807, 2.05) is 30.3 Å². The van der Waals surface area contributed by atoms with Crippen molar-refractivity contribution in [3.05, 3.63) is 102 Å². The number of phenolic OH excluding ortho intramolecular Hbond substituents is 1. The molecule has 5 rings (SSSR count). The summed E-state index contributed by atoms with van der Waals surface area (Å²) in [5, 5.41) is 12.4. The molecule has 1 heterocycles. The molecule has 4 aromatic carbocycles. The van der Waals surface area contributed by atoms with Crippen molar-refractivity contribution in [3.63, 3.8) is 0 Å². The molecule has 0 spiro atoms. The molecular formula is C29H26N2O2. The zero-order valence-electron chi connectivity index (χ0n) is 18.7. The van der Waals surface area contributed by atoms with Crippen LogP contribution in [0.5, 0.6) is 5.75 Å². The number of amides is 1. The molecule has 4 heteroatoms. The zero-order chi connectivity index (χ0) is 23.1. The predicted octanol–water partition coefficient (Wildman–Crippen LogP) is 6.44. The van der Waals surface area contributed by atoms with Crippen LogP contribution in [-0.2, 0) is 6.54 Å². The van der Waals surface area contributed by atoms with E-state index < -0.39 is 5.91 Å². The van der Waals surface area contributed by atoms with E-state index in [1.54, 1.807) is 12.1 Å². The number of aromatic nitrogens is 1. The molecule has 0 saturated carbocycles. The van der Waals surface area contributed by atoms with E-state index in [0.717, 1.165) is 33.3 Å². The lowest BCUT2D eigenvalue weighted by molar-refractivity contribution is 0.100. The summed E-state index contributed by atoms with van der Waals surface area (Å²) < 4.78 is 2.17. The van der Waals surface area contributed by atoms with Crippen molar-refractivity contribution in [1.29, 1.82) is 0 Å². The first-order chi connectivity index (χ1) is 15.9. The van der Waals surface area contributed by atoms with Crippen molar-refractivity contribution in [3.8, 4) is 16.9 Å². The van der Waals surface area contributed by atoms with Crippen molar-refractivity contribution < 1.29 is 9.90 Å². The highest BCUT2D eigenvalue weighted by molar-refractivity contribution is 6.19. The van der Waals surface area contributed by atoms with Gasteiger partial charge in [-0.25, -0.2) is 0 Å². The Bertz CT molecular complexity index is 1500. The minimum absolute atomic E-state index is 0.173. The first-order valence-electron chi connectivity index (χ1n) is 11.2. The number of aromatic hydroxyl groups is 1. The lowest BCUT2D eigenvalue weighted by Gasteiger charge is -2.12. The van der Waals surface area contributed by atoms with Crippen LogP contribution in [0.3, 0.4) is 0 Å². The Morgan fingerprint density at radius 3 is 2.30 bits per heavy atom. The third kappa shape index (κ3) is 3.64. The van der Waals surface area contributed by atoms with Gasteiger partial charge in [-0.15, -0.1) is 0 Å². The molecule has 0 aliphatic heterocycles. The van der Waals surface area contributed by atoms with Gasteiger partial charge in [0.2, 0.25) is 5.91 Å². The highest BCUT2D eigenvalue weighted by atomic mass is 16.3. The summed E-state index contributed by atoms with van der Waals surface area (Å²) in [6, 6.07) is 28.2. The van der Waals surface area contributed by atoms with Crippen LogP contribution in [0.2, 0.25) is 0 Å². The molecule has 0 bridgehead atoms. The van der Waals surface area contributed by atoms with E-state index in [1.165, 1.54) is 0 Å². The van der Waals surface area contributed by atoms with Crippen LogP contribution >= 0.6 is 0 Å². The van der Waals surface area contributed by atoms with E-state index in [4.69, 9.17) is 5.73 Å². The summed E-state index contributed by atoms with van der Waals surface area (Å²) >= 11 is 0. The van der Waals surface area contributed by atoms with Crippen LogP contribution in [0, 0.1) is 0 Å². The average Bonchev–Trinajstić information content (AvgIpc) is 3.13. The van der Waals surface area contributed by atoms with E-state index in [0.29, 0.717) is 22.9 Å². The summed E-state index contributed by atoms with van der Waals surface area (Å²) in [5.41, 5.74) is 12.4. The minimum Gasteiger partial charge on any atom is -0.507 e. The fourth-order valence-electron chi connectivity index (χ4n) is 4.63. The second kappa shape index (κ2) is 8.14. The number of nitrogens with zero attached hydrogens (tertiary/aromatic N) is 1. The second-order valence-corrected chi connectivity index (χ2v) is 8.81. The molecule has 1 amide bonds. The number of carbonyl (C=O) groups is 1. The topological polar surface area (TPSA) is 68.2 Å². The molecular weight excluding hydrogens is 408 g/mol. The fourth-order valence-corrected chi connectivity index (χ4v) is 4.63. The lowest BCUT2D eigenvalue weighted by Crippen LogP contribution is -2.11. The smallest absolute Gasteiger partial charge is 0.249 e. The van der Waals surface area contributed by atoms with E-state index in [9.17, 15) is 9.90 Å². The van der Waals surface area contributed by atoms with E-state index in [2.05, 4.69) is 60.9 Å². The summed E-state index contributed by atoms with van der Waals surface area (Å²) in [4.78, 5) is 12.2. The molecule has 5 aromatic rings. The Morgan fingerprint density at radius 1 is 0.848 bits per heavy atom. The third-order valence-electron chi connectivity index (χ3n) is 6.30. The number of rotatable bonds is 5. The van der Waals surface area contributed by atoms with Crippen LogP contribution < -0.4 is 5.73 Å². The van der Waals surface area contributed by atoms with Gasteiger partial charge in [0.25, 0.3) is 0 Å². The van der Waals surface area contributed by atoms with E-state index in [-0.39, 0.29) is 11.7 Å². The van der Waals surface area contributed by atoms with Gasteiger partial charge in [-0.3, -0.25) is 4.79 Å². The number of carbonyl (C=O) groups excluding carboxylic acids is 1. The van der Waals surface area contributed by atoms with E-state index >= 15 is 0 Å². The van der Waals surface area contributed by atoms with Gasteiger partial charge in [0.1, 0.15) is 5.75 Å². The highest BCUT2D eigenvalue weighted by Gasteiger charge is 2.20. The average molecular weight is 435 g/mol. The van der Waals surface area contributed by atoms with Gasteiger partial charge in [-0.1, -0.05) is 68.4 Å². The molecule has 0 saturated heterocycles. The predicted molar refractivity (Wildman–Crippen MR) is 135 cm³/mol. The van der Waals surface area contributed by atoms with Gasteiger partial charge < -0.3 is 15.4 Å². The third-order valence-corrected chi connectivity index (χ3v) is 6.30. The minimum atomic E-state index is -0.502.